The second-order valence-corrected chi connectivity index (χ2v) is 7.27. The summed E-state index contributed by atoms with van der Waals surface area (Å²) >= 11 is 0. The molecule has 0 atom stereocenters. The molecule has 5 nitrogen and oxygen atoms in total. The summed E-state index contributed by atoms with van der Waals surface area (Å²) in [6.45, 7) is 0.741. The van der Waals surface area contributed by atoms with Crippen molar-refractivity contribution in [3.8, 4) is 11.8 Å². The van der Waals surface area contributed by atoms with Crippen molar-refractivity contribution in [2.75, 3.05) is 14.2 Å². The average Bonchev–Trinajstić information content (AvgIpc) is 2.78. The number of esters is 1. The van der Waals surface area contributed by atoms with Crippen molar-refractivity contribution in [1.29, 1.82) is 5.26 Å². The van der Waals surface area contributed by atoms with Gasteiger partial charge in [-0.15, -0.1) is 0 Å². The van der Waals surface area contributed by atoms with E-state index in [0.29, 0.717) is 11.6 Å². The minimum absolute atomic E-state index is 0.322. The molecule has 0 aliphatic heterocycles. The van der Waals surface area contributed by atoms with Crippen LogP contribution in [0.1, 0.15) is 47.2 Å². The van der Waals surface area contributed by atoms with E-state index in [4.69, 9.17) is 9.47 Å². The molecule has 0 spiro atoms. The number of carbonyl (C=O) groups is 1. The number of hydrogen-bond donors (Lipinski definition) is 1. The summed E-state index contributed by atoms with van der Waals surface area (Å²) < 4.78 is 10.0. The number of nitrogens with zero attached hydrogens (tertiary/aromatic N) is 1. The molecule has 2 aromatic rings. The minimum atomic E-state index is -0.436. The summed E-state index contributed by atoms with van der Waals surface area (Å²) in [5.74, 6) is 0.472. The summed E-state index contributed by atoms with van der Waals surface area (Å²) in [6, 6.07) is 18.3. The number of ether oxygens (including phenoxy) is 2. The van der Waals surface area contributed by atoms with Gasteiger partial charge in [0, 0.05) is 12.6 Å². The maximum Gasteiger partial charge on any atom is 0.337 e. The first-order chi connectivity index (χ1) is 13.6. The zero-order valence-corrected chi connectivity index (χ0v) is 16.4. The van der Waals surface area contributed by atoms with Gasteiger partial charge < -0.3 is 14.8 Å². The van der Waals surface area contributed by atoms with Gasteiger partial charge in [0.15, 0.2) is 0 Å². The van der Waals surface area contributed by atoms with Crippen molar-refractivity contribution in [1.82, 2.24) is 5.32 Å². The third kappa shape index (κ3) is 4.35. The lowest BCUT2D eigenvalue weighted by Gasteiger charge is -2.36. The molecule has 28 heavy (non-hydrogen) atoms. The highest BCUT2D eigenvalue weighted by atomic mass is 16.5. The van der Waals surface area contributed by atoms with Crippen LogP contribution in [0.4, 0.5) is 0 Å². The van der Waals surface area contributed by atoms with E-state index in [9.17, 15) is 10.1 Å². The number of rotatable bonds is 6. The van der Waals surface area contributed by atoms with Crippen LogP contribution in [0.25, 0.3) is 0 Å². The first-order valence-corrected chi connectivity index (χ1v) is 9.56. The Kier molecular flexibility index (Phi) is 6.33. The van der Waals surface area contributed by atoms with Crippen molar-refractivity contribution >= 4 is 5.97 Å². The lowest BCUT2D eigenvalue weighted by Crippen LogP contribution is -2.39. The number of nitriles is 1. The number of benzene rings is 2. The van der Waals surface area contributed by atoms with Crippen LogP contribution in [-0.2, 0) is 16.7 Å². The smallest absolute Gasteiger partial charge is 0.337 e. The van der Waals surface area contributed by atoms with Crippen LogP contribution in [-0.4, -0.2) is 26.2 Å². The number of methoxy groups -OCH3 is 2. The molecule has 0 unspecified atom stereocenters. The van der Waals surface area contributed by atoms with Crippen molar-refractivity contribution < 1.29 is 14.3 Å². The number of carbonyl (C=O) groups excluding carboxylic acids is 1. The summed E-state index contributed by atoms with van der Waals surface area (Å²) in [6.07, 6.45) is 3.56. The Hall–Kier alpha value is -2.84. The molecule has 1 aliphatic carbocycles. The fourth-order valence-corrected chi connectivity index (χ4v) is 3.84. The zero-order valence-electron chi connectivity index (χ0n) is 16.4. The monoisotopic (exact) mass is 378 g/mol. The fourth-order valence-electron chi connectivity index (χ4n) is 3.84. The van der Waals surface area contributed by atoms with Crippen molar-refractivity contribution in [3.05, 3.63) is 65.2 Å². The Labute approximate surface area is 166 Å². The normalized spacial score (nSPS) is 21.5. The Bertz CT molecular complexity index is 847. The van der Waals surface area contributed by atoms with Gasteiger partial charge in [0.1, 0.15) is 5.75 Å². The van der Waals surface area contributed by atoms with Gasteiger partial charge in [-0.3, -0.25) is 0 Å². The van der Waals surface area contributed by atoms with Gasteiger partial charge in [-0.05, 0) is 61.1 Å². The molecule has 1 fully saturated rings. The highest BCUT2D eigenvalue weighted by molar-refractivity contribution is 5.89. The largest absolute Gasteiger partial charge is 0.497 e. The molecule has 0 saturated heterocycles. The summed E-state index contributed by atoms with van der Waals surface area (Å²) in [7, 11) is 3.03. The molecular weight excluding hydrogens is 352 g/mol. The second kappa shape index (κ2) is 8.90. The first-order valence-electron chi connectivity index (χ1n) is 9.56. The Balaban J connectivity index is 1.57. The molecule has 0 aromatic heterocycles. The predicted molar refractivity (Wildman–Crippen MR) is 107 cm³/mol. The summed E-state index contributed by atoms with van der Waals surface area (Å²) in [5, 5.41) is 13.5. The maximum absolute atomic E-state index is 11.5. The molecule has 1 saturated carbocycles. The molecule has 2 aromatic carbocycles. The molecule has 0 radical (unpaired) electrons. The molecule has 5 heteroatoms. The predicted octanol–water partition coefficient (Wildman–Crippen LogP) is 3.98. The van der Waals surface area contributed by atoms with Gasteiger partial charge >= 0.3 is 5.97 Å². The van der Waals surface area contributed by atoms with Gasteiger partial charge in [0.25, 0.3) is 0 Å². The van der Waals surface area contributed by atoms with Crippen molar-refractivity contribution in [3.63, 3.8) is 0 Å². The fraction of sp³-hybridized carbons (Fsp3) is 0.391. The van der Waals surface area contributed by atoms with Crippen LogP contribution in [0.2, 0.25) is 0 Å². The maximum atomic E-state index is 11.5. The van der Waals surface area contributed by atoms with Crippen molar-refractivity contribution in [2.45, 2.75) is 43.7 Å². The average molecular weight is 378 g/mol. The molecule has 3 rings (SSSR count). The summed E-state index contributed by atoms with van der Waals surface area (Å²) in [5.41, 5.74) is 2.29. The van der Waals surface area contributed by atoms with Gasteiger partial charge in [0.2, 0.25) is 0 Å². The van der Waals surface area contributed by atoms with Gasteiger partial charge in [-0.25, -0.2) is 4.79 Å². The first kappa shape index (κ1) is 19.9. The molecular formula is C23H26N2O3. The topological polar surface area (TPSA) is 71.3 Å². The minimum Gasteiger partial charge on any atom is -0.497 e. The Morgan fingerprint density at radius 1 is 1.18 bits per heavy atom. The highest BCUT2D eigenvalue weighted by Gasteiger charge is 2.37. The Morgan fingerprint density at radius 3 is 2.50 bits per heavy atom. The van der Waals surface area contributed by atoms with E-state index in [-0.39, 0.29) is 5.97 Å². The molecule has 146 valence electrons. The third-order valence-electron chi connectivity index (χ3n) is 5.65. The van der Waals surface area contributed by atoms with E-state index >= 15 is 0 Å². The second-order valence-electron chi connectivity index (χ2n) is 7.27. The molecule has 1 N–H and O–H groups in total. The van der Waals surface area contributed by atoms with Crippen LogP contribution in [0.15, 0.2) is 48.5 Å². The van der Waals surface area contributed by atoms with Gasteiger partial charge in [0.05, 0.1) is 31.3 Å². The van der Waals surface area contributed by atoms with Crippen LogP contribution >= 0.6 is 0 Å². The Morgan fingerprint density at radius 2 is 1.89 bits per heavy atom. The van der Waals surface area contributed by atoms with Crippen LogP contribution in [0, 0.1) is 11.3 Å². The lowest BCUT2D eigenvalue weighted by molar-refractivity contribution is 0.0600. The van der Waals surface area contributed by atoms with Gasteiger partial charge in [-0.2, -0.15) is 5.26 Å². The van der Waals surface area contributed by atoms with E-state index in [1.54, 1.807) is 19.2 Å². The third-order valence-corrected chi connectivity index (χ3v) is 5.65. The van der Waals surface area contributed by atoms with Gasteiger partial charge in [-0.1, -0.05) is 24.3 Å². The quantitative estimate of drug-likeness (QED) is 0.770. The molecule has 0 bridgehead atoms. The van der Waals surface area contributed by atoms with Crippen LogP contribution < -0.4 is 10.1 Å². The number of hydrogen-bond acceptors (Lipinski definition) is 5. The van der Waals surface area contributed by atoms with Crippen molar-refractivity contribution in [2.24, 2.45) is 0 Å². The van der Waals surface area contributed by atoms with E-state index in [1.165, 1.54) is 7.11 Å². The van der Waals surface area contributed by atoms with Crippen LogP contribution in [0.3, 0.4) is 0 Å². The summed E-state index contributed by atoms with van der Waals surface area (Å²) in [4.78, 5) is 11.5. The van der Waals surface area contributed by atoms with E-state index in [0.717, 1.165) is 49.1 Å². The SMILES string of the molecule is COC(=O)c1ccc(CN[C@H]2CC[C@](C#N)(c3cccc(OC)c3)CC2)cc1. The molecule has 0 heterocycles. The van der Waals surface area contributed by atoms with E-state index < -0.39 is 5.41 Å². The van der Waals surface area contributed by atoms with Crippen LogP contribution in [0.5, 0.6) is 5.75 Å². The lowest BCUT2D eigenvalue weighted by atomic mass is 9.69. The van der Waals surface area contributed by atoms with E-state index in [1.807, 2.05) is 36.4 Å². The molecule has 0 amide bonds. The highest BCUT2D eigenvalue weighted by Crippen LogP contribution is 2.40. The molecule has 1 aliphatic rings. The zero-order chi connectivity index (χ0) is 20.0. The number of nitrogens with one attached hydrogen (secondary N) is 1. The standard InChI is InChI=1S/C23H26N2O3/c1-27-21-5-3-4-19(14-21)23(16-24)12-10-20(11-13-23)25-15-17-6-8-18(9-7-17)22(26)28-2/h3-9,14,20,25H,10-13,15H2,1-2H3/t20-,23-. The van der Waals surface area contributed by atoms with E-state index in [2.05, 4.69) is 11.4 Å².